The summed E-state index contributed by atoms with van der Waals surface area (Å²) in [6, 6.07) is 10.3. The van der Waals surface area contributed by atoms with Gasteiger partial charge in [-0.3, -0.25) is 0 Å². The van der Waals surface area contributed by atoms with E-state index in [9.17, 15) is 0 Å². The highest BCUT2D eigenvalue weighted by Crippen LogP contribution is 2.17. The van der Waals surface area contributed by atoms with Crippen molar-refractivity contribution in [3.63, 3.8) is 0 Å². The summed E-state index contributed by atoms with van der Waals surface area (Å²) in [6.45, 7) is 5.99. The van der Waals surface area contributed by atoms with Crippen molar-refractivity contribution in [3.05, 3.63) is 35.9 Å². The van der Waals surface area contributed by atoms with Gasteiger partial charge in [-0.1, -0.05) is 37.3 Å². The number of hydrogen-bond acceptors (Lipinski definition) is 3. The average molecular weight is 236 g/mol. The number of ether oxygens (including phenoxy) is 1. The zero-order valence-corrected chi connectivity index (χ0v) is 11.0. The van der Waals surface area contributed by atoms with Crippen molar-refractivity contribution in [2.75, 3.05) is 20.2 Å². The van der Waals surface area contributed by atoms with Crippen molar-refractivity contribution < 1.29 is 4.74 Å². The molecule has 3 unspecified atom stereocenters. The molecular formula is C14H24N2O. The van der Waals surface area contributed by atoms with Gasteiger partial charge in [0.05, 0.1) is 6.10 Å². The van der Waals surface area contributed by atoms with Gasteiger partial charge in [-0.2, -0.15) is 0 Å². The average Bonchev–Trinajstić information content (AvgIpc) is 2.38. The Bertz CT molecular complexity index is 302. The minimum atomic E-state index is 0.0848. The van der Waals surface area contributed by atoms with E-state index in [2.05, 4.69) is 31.3 Å². The predicted molar refractivity (Wildman–Crippen MR) is 71.9 cm³/mol. The molecule has 0 amide bonds. The van der Waals surface area contributed by atoms with Gasteiger partial charge in [0.1, 0.15) is 0 Å². The van der Waals surface area contributed by atoms with Gasteiger partial charge < -0.3 is 15.8 Å². The Morgan fingerprint density at radius 3 is 2.41 bits per heavy atom. The fourth-order valence-electron chi connectivity index (χ4n) is 1.73. The quantitative estimate of drug-likeness (QED) is 0.760. The molecule has 1 aromatic carbocycles. The summed E-state index contributed by atoms with van der Waals surface area (Å²) in [5.74, 6) is 0.404. The molecular weight excluding hydrogens is 212 g/mol. The van der Waals surface area contributed by atoms with E-state index in [-0.39, 0.29) is 12.1 Å². The first-order chi connectivity index (χ1) is 8.15. The van der Waals surface area contributed by atoms with E-state index in [1.54, 1.807) is 7.11 Å². The second-order valence-corrected chi connectivity index (χ2v) is 4.62. The summed E-state index contributed by atoms with van der Waals surface area (Å²) in [7, 11) is 1.73. The van der Waals surface area contributed by atoms with Crippen molar-refractivity contribution in [2.45, 2.75) is 26.0 Å². The highest BCUT2D eigenvalue weighted by atomic mass is 16.5. The van der Waals surface area contributed by atoms with E-state index in [0.717, 1.165) is 13.1 Å². The van der Waals surface area contributed by atoms with Crippen LogP contribution in [-0.2, 0) is 4.74 Å². The van der Waals surface area contributed by atoms with E-state index in [1.165, 1.54) is 5.56 Å². The predicted octanol–water partition coefficient (Wildman–Crippen LogP) is 1.95. The van der Waals surface area contributed by atoms with Crippen LogP contribution in [-0.4, -0.2) is 26.3 Å². The number of hydrogen-bond donors (Lipinski definition) is 2. The van der Waals surface area contributed by atoms with E-state index in [1.807, 2.05) is 18.2 Å². The Kier molecular flexibility index (Phi) is 6.19. The maximum Gasteiger partial charge on any atom is 0.0667 e. The fraction of sp³-hybridized carbons (Fsp3) is 0.571. The molecule has 3 atom stereocenters. The van der Waals surface area contributed by atoms with Crippen LogP contribution < -0.4 is 11.1 Å². The van der Waals surface area contributed by atoms with Gasteiger partial charge in [0.15, 0.2) is 0 Å². The van der Waals surface area contributed by atoms with Gasteiger partial charge in [0.25, 0.3) is 0 Å². The highest BCUT2D eigenvalue weighted by Gasteiger charge is 2.14. The molecule has 0 spiro atoms. The Morgan fingerprint density at radius 2 is 1.82 bits per heavy atom. The van der Waals surface area contributed by atoms with Gasteiger partial charge in [0.2, 0.25) is 0 Å². The third-order valence-corrected chi connectivity index (χ3v) is 3.10. The Morgan fingerprint density at radius 1 is 1.18 bits per heavy atom. The van der Waals surface area contributed by atoms with Crippen LogP contribution in [0.25, 0.3) is 0 Å². The lowest BCUT2D eigenvalue weighted by molar-refractivity contribution is 0.116. The van der Waals surface area contributed by atoms with Crippen LogP contribution >= 0.6 is 0 Å². The molecule has 3 nitrogen and oxygen atoms in total. The third kappa shape index (κ3) is 4.86. The SMILES string of the molecule is COC(C)CNCC(C)C(N)c1ccccc1. The Labute approximate surface area is 104 Å². The largest absolute Gasteiger partial charge is 0.380 e. The fourth-order valence-corrected chi connectivity index (χ4v) is 1.73. The maximum absolute atomic E-state index is 6.22. The summed E-state index contributed by atoms with van der Waals surface area (Å²) in [6.07, 6.45) is 0.246. The number of benzene rings is 1. The van der Waals surface area contributed by atoms with Crippen LogP contribution in [0.3, 0.4) is 0 Å². The molecule has 0 aromatic heterocycles. The molecule has 96 valence electrons. The molecule has 3 N–H and O–H groups in total. The van der Waals surface area contributed by atoms with Crippen molar-refractivity contribution >= 4 is 0 Å². The van der Waals surface area contributed by atoms with Crippen molar-refractivity contribution in [2.24, 2.45) is 11.7 Å². The summed E-state index contributed by atoms with van der Waals surface area (Å²) in [4.78, 5) is 0. The third-order valence-electron chi connectivity index (χ3n) is 3.10. The Hall–Kier alpha value is -0.900. The first-order valence-electron chi connectivity index (χ1n) is 6.19. The van der Waals surface area contributed by atoms with Crippen LogP contribution in [0.1, 0.15) is 25.5 Å². The van der Waals surface area contributed by atoms with Crippen LogP contribution in [0.15, 0.2) is 30.3 Å². The molecule has 0 fully saturated rings. The molecule has 3 heteroatoms. The number of rotatable bonds is 7. The topological polar surface area (TPSA) is 47.3 Å². The number of nitrogens with one attached hydrogen (secondary N) is 1. The lowest BCUT2D eigenvalue weighted by Gasteiger charge is -2.21. The number of nitrogens with two attached hydrogens (primary N) is 1. The molecule has 1 aromatic rings. The molecule has 0 saturated carbocycles. The van der Waals surface area contributed by atoms with E-state index in [0.29, 0.717) is 5.92 Å². The molecule has 1 rings (SSSR count). The standard InChI is InChI=1S/C14H24N2O/c1-11(9-16-10-12(2)17-3)14(15)13-7-5-4-6-8-13/h4-8,11-12,14,16H,9-10,15H2,1-3H3. The smallest absolute Gasteiger partial charge is 0.0667 e. The summed E-state index contributed by atoms with van der Waals surface area (Å²) >= 11 is 0. The van der Waals surface area contributed by atoms with Crippen LogP contribution in [0, 0.1) is 5.92 Å². The first kappa shape index (κ1) is 14.2. The van der Waals surface area contributed by atoms with Gasteiger partial charge in [-0.25, -0.2) is 0 Å². The van der Waals surface area contributed by atoms with E-state index in [4.69, 9.17) is 10.5 Å². The van der Waals surface area contributed by atoms with E-state index < -0.39 is 0 Å². The summed E-state index contributed by atoms with van der Waals surface area (Å²) in [5.41, 5.74) is 7.41. The Balaban J connectivity index is 2.35. The van der Waals surface area contributed by atoms with Crippen LogP contribution in [0.2, 0.25) is 0 Å². The van der Waals surface area contributed by atoms with Gasteiger partial charge in [-0.15, -0.1) is 0 Å². The number of methoxy groups -OCH3 is 1. The highest BCUT2D eigenvalue weighted by molar-refractivity contribution is 5.19. The molecule has 17 heavy (non-hydrogen) atoms. The molecule has 0 radical (unpaired) electrons. The lowest BCUT2D eigenvalue weighted by Crippen LogP contribution is -2.33. The molecule has 0 saturated heterocycles. The van der Waals surface area contributed by atoms with Gasteiger partial charge in [0, 0.05) is 19.7 Å². The van der Waals surface area contributed by atoms with Crippen LogP contribution in [0.5, 0.6) is 0 Å². The van der Waals surface area contributed by atoms with Gasteiger partial charge in [-0.05, 0) is 24.9 Å². The minimum Gasteiger partial charge on any atom is -0.380 e. The summed E-state index contributed by atoms with van der Waals surface area (Å²) < 4.78 is 5.18. The van der Waals surface area contributed by atoms with E-state index >= 15 is 0 Å². The second-order valence-electron chi connectivity index (χ2n) is 4.62. The zero-order valence-electron chi connectivity index (χ0n) is 11.0. The second kappa shape index (κ2) is 7.43. The maximum atomic E-state index is 6.22. The van der Waals surface area contributed by atoms with Gasteiger partial charge >= 0.3 is 0 Å². The minimum absolute atomic E-state index is 0.0848. The molecule has 0 bridgehead atoms. The van der Waals surface area contributed by atoms with Crippen molar-refractivity contribution in [1.29, 1.82) is 0 Å². The molecule has 0 aliphatic heterocycles. The monoisotopic (exact) mass is 236 g/mol. The van der Waals surface area contributed by atoms with Crippen molar-refractivity contribution in [3.8, 4) is 0 Å². The lowest BCUT2D eigenvalue weighted by atomic mass is 9.95. The zero-order chi connectivity index (χ0) is 12.7. The van der Waals surface area contributed by atoms with Crippen molar-refractivity contribution in [1.82, 2.24) is 5.32 Å². The molecule has 0 aliphatic rings. The molecule has 0 heterocycles. The van der Waals surface area contributed by atoms with Crippen LogP contribution in [0.4, 0.5) is 0 Å². The first-order valence-corrected chi connectivity index (χ1v) is 6.19. The summed E-state index contributed by atoms with van der Waals surface area (Å²) in [5, 5.41) is 3.38. The molecule has 0 aliphatic carbocycles. The normalized spacial score (nSPS) is 16.5.